The fraction of sp³-hybridized carbons (Fsp3) is 0.346. The van der Waals surface area contributed by atoms with E-state index in [1.807, 2.05) is 31.2 Å². The van der Waals surface area contributed by atoms with Crippen molar-refractivity contribution in [3.05, 3.63) is 63.8 Å². The second kappa shape index (κ2) is 12.8. The van der Waals surface area contributed by atoms with Gasteiger partial charge in [0.1, 0.15) is 35.1 Å². The average Bonchev–Trinajstić information content (AvgIpc) is 3.42. The molecule has 10 nitrogen and oxygen atoms in total. The third kappa shape index (κ3) is 6.55. The van der Waals surface area contributed by atoms with Crippen molar-refractivity contribution in [2.24, 2.45) is 10.9 Å². The Balaban J connectivity index is 1.52. The van der Waals surface area contributed by atoms with Gasteiger partial charge in [-0.2, -0.15) is 9.41 Å². The lowest BCUT2D eigenvalue weighted by atomic mass is 10.2. The average molecular weight is 594 g/mol. The van der Waals surface area contributed by atoms with Crippen LogP contribution in [0.4, 0.5) is 0 Å². The van der Waals surface area contributed by atoms with E-state index in [1.54, 1.807) is 6.07 Å². The molecule has 0 bridgehead atoms. The van der Waals surface area contributed by atoms with E-state index in [2.05, 4.69) is 20.7 Å². The van der Waals surface area contributed by atoms with Gasteiger partial charge in [0.05, 0.1) is 5.02 Å². The molecule has 39 heavy (non-hydrogen) atoms. The number of hydrazone groups is 1. The highest BCUT2D eigenvalue weighted by molar-refractivity contribution is 7.89. The zero-order valence-electron chi connectivity index (χ0n) is 21.4. The number of fused-ring (bicyclic) bond motifs is 1. The van der Waals surface area contributed by atoms with Gasteiger partial charge in [0.2, 0.25) is 15.9 Å². The maximum atomic E-state index is 13.7. The molecule has 1 atom stereocenters. The first-order valence-corrected chi connectivity index (χ1v) is 14.6. The number of pyridine rings is 1. The maximum absolute atomic E-state index is 13.7. The number of hydrogen-bond acceptors (Lipinski definition) is 7. The summed E-state index contributed by atoms with van der Waals surface area (Å²) in [7, 11) is -4.10. The van der Waals surface area contributed by atoms with Crippen LogP contribution in [-0.4, -0.2) is 55.6 Å². The van der Waals surface area contributed by atoms with Crippen LogP contribution >= 0.6 is 23.2 Å². The quantitative estimate of drug-likeness (QED) is 0.102. The lowest BCUT2D eigenvalue weighted by Crippen LogP contribution is -2.46. The summed E-state index contributed by atoms with van der Waals surface area (Å²) in [6.45, 7) is 2.97. The zero-order valence-corrected chi connectivity index (χ0v) is 23.7. The van der Waals surface area contributed by atoms with Crippen LogP contribution in [0.1, 0.15) is 30.5 Å². The van der Waals surface area contributed by atoms with Crippen molar-refractivity contribution in [3.63, 3.8) is 0 Å². The van der Waals surface area contributed by atoms with Crippen molar-refractivity contribution in [2.45, 2.75) is 43.7 Å². The number of rotatable bonds is 11. The molecule has 0 radical (unpaired) electrons. The highest BCUT2D eigenvalue weighted by Gasteiger charge is 2.40. The monoisotopic (exact) mass is 592 g/mol. The number of carbonyl (C=O) groups is 1. The molecule has 0 unspecified atom stereocenters. The molecule has 0 aliphatic carbocycles. The number of carbonyl (C=O) groups excluding carboxylic acids is 1. The number of aromatic nitrogens is 1. The minimum absolute atomic E-state index is 0.0365. The highest BCUT2D eigenvalue weighted by atomic mass is 35.5. The van der Waals surface area contributed by atoms with Crippen LogP contribution < -0.4 is 21.2 Å². The van der Waals surface area contributed by atoms with Crippen molar-refractivity contribution in [1.29, 1.82) is 0 Å². The van der Waals surface area contributed by atoms with E-state index < -0.39 is 16.1 Å². The number of aryl methyl sites for hydroxylation is 1. The molecule has 3 aromatic rings. The number of sulfonamides is 1. The van der Waals surface area contributed by atoms with Gasteiger partial charge in [-0.05, 0) is 50.5 Å². The van der Waals surface area contributed by atoms with Crippen LogP contribution in [-0.2, 0) is 21.4 Å². The minimum atomic E-state index is -4.10. The first kappa shape index (κ1) is 28.9. The van der Waals surface area contributed by atoms with E-state index >= 15 is 0 Å². The number of hydrogen-bond donors (Lipinski definition) is 3. The Morgan fingerprint density at radius 3 is 2.85 bits per heavy atom. The first-order chi connectivity index (χ1) is 18.7. The molecule has 4 rings (SSSR count). The second-order valence-corrected chi connectivity index (χ2v) is 11.7. The Labute approximate surface area is 237 Å². The predicted octanol–water partition coefficient (Wildman–Crippen LogP) is 3.58. The molecule has 2 aromatic carbocycles. The number of nitrogens with zero attached hydrogens (tertiary/aromatic N) is 3. The largest absolute Gasteiger partial charge is 0.487 e. The van der Waals surface area contributed by atoms with Crippen molar-refractivity contribution in [2.75, 3.05) is 19.6 Å². The van der Waals surface area contributed by atoms with Gasteiger partial charge in [0, 0.05) is 41.3 Å². The van der Waals surface area contributed by atoms with Gasteiger partial charge in [-0.15, -0.1) is 0 Å². The summed E-state index contributed by atoms with van der Waals surface area (Å²) in [5.41, 5.74) is 1.85. The molecule has 2 heterocycles. The molecule has 0 spiro atoms. The van der Waals surface area contributed by atoms with E-state index in [-0.39, 0.29) is 34.0 Å². The van der Waals surface area contributed by atoms with Gasteiger partial charge in [0.15, 0.2) is 0 Å². The Kier molecular flexibility index (Phi) is 9.49. The number of nitrogens with one attached hydrogen (secondary N) is 2. The molecule has 1 fully saturated rings. The number of nitrogens with two attached hydrogens (primary N) is 1. The first-order valence-electron chi connectivity index (χ1n) is 12.4. The molecule has 208 valence electrons. The molecular formula is C26H30Cl2N6O4S. The lowest BCUT2D eigenvalue weighted by molar-refractivity contribution is -0.124. The maximum Gasteiger partial charge on any atom is 0.245 e. The van der Waals surface area contributed by atoms with E-state index in [4.69, 9.17) is 33.8 Å². The van der Waals surface area contributed by atoms with E-state index in [0.29, 0.717) is 49.2 Å². The number of ether oxygens (including phenoxy) is 1. The standard InChI is InChI=1S/C26H30Cl2N6O4S/c1-17-8-9-18-5-2-7-22(25(18)33-17)38-15-19-20(27)10-11-23(24(19)28)39(36,37)34-14-3-6-21(34)26(35)31-13-4-12-30-16-32-29/h2,5,7-11,16,21H,3-4,6,12-15,29H2,1H3,(H,30,32)(H,31,35)/t21-/m0/s1. The summed E-state index contributed by atoms with van der Waals surface area (Å²) in [5, 5.41) is 10.1. The third-order valence-corrected chi connectivity index (χ3v) is 9.25. The van der Waals surface area contributed by atoms with Gasteiger partial charge in [-0.3, -0.25) is 4.79 Å². The summed E-state index contributed by atoms with van der Waals surface area (Å²) in [6.07, 6.45) is 2.95. The van der Waals surface area contributed by atoms with Gasteiger partial charge < -0.3 is 21.2 Å². The van der Waals surface area contributed by atoms with Crippen LogP contribution in [0, 0.1) is 6.92 Å². The molecule has 4 N–H and O–H groups in total. The highest BCUT2D eigenvalue weighted by Crippen LogP contribution is 2.36. The van der Waals surface area contributed by atoms with Gasteiger partial charge in [0.25, 0.3) is 0 Å². The second-order valence-electron chi connectivity index (χ2n) is 9.06. The summed E-state index contributed by atoms with van der Waals surface area (Å²) in [5.74, 6) is 5.20. The topological polar surface area (TPSA) is 139 Å². The summed E-state index contributed by atoms with van der Waals surface area (Å²) < 4.78 is 34.6. The van der Waals surface area contributed by atoms with Crippen LogP contribution in [0.15, 0.2) is 52.5 Å². The molecule has 1 amide bonds. The molecule has 1 aliphatic rings. The number of amides is 1. The fourth-order valence-corrected chi connectivity index (χ4v) is 6.97. The van der Waals surface area contributed by atoms with Crippen LogP contribution in [0.3, 0.4) is 0 Å². The van der Waals surface area contributed by atoms with Crippen LogP contribution in [0.2, 0.25) is 10.0 Å². The van der Waals surface area contributed by atoms with Crippen molar-refractivity contribution in [1.82, 2.24) is 19.9 Å². The fourth-order valence-electron chi connectivity index (χ4n) is 4.44. The van der Waals surface area contributed by atoms with Crippen molar-refractivity contribution < 1.29 is 17.9 Å². The molecule has 13 heteroatoms. The Morgan fingerprint density at radius 2 is 2.05 bits per heavy atom. The van der Waals surface area contributed by atoms with Crippen LogP contribution in [0.25, 0.3) is 10.9 Å². The van der Waals surface area contributed by atoms with E-state index in [1.165, 1.54) is 22.8 Å². The predicted molar refractivity (Wildman–Crippen MR) is 152 cm³/mol. The van der Waals surface area contributed by atoms with E-state index in [0.717, 1.165) is 11.1 Å². The Bertz CT molecular complexity index is 1480. The van der Waals surface area contributed by atoms with Crippen LogP contribution in [0.5, 0.6) is 5.75 Å². The Morgan fingerprint density at radius 1 is 1.23 bits per heavy atom. The SMILES string of the molecule is Cc1ccc2cccc(OCc3c(Cl)ccc(S(=O)(=O)N4CCC[C@H]4C(=O)NCCCNC=NN)c3Cl)c2n1. The van der Waals surface area contributed by atoms with Gasteiger partial charge in [-0.25, -0.2) is 13.4 Å². The summed E-state index contributed by atoms with van der Waals surface area (Å²) in [4.78, 5) is 17.3. The molecular weight excluding hydrogens is 563 g/mol. The number of halogens is 2. The molecule has 1 saturated heterocycles. The summed E-state index contributed by atoms with van der Waals surface area (Å²) in [6, 6.07) is 11.4. The normalized spacial score (nSPS) is 16.1. The molecule has 0 saturated carbocycles. The van der Waals surface area contributed by atoms with Crippen molar-refractivity contribution >= 4 is 56.4 Å². The lowest BCUT2D eigenvalue weighted by Gasteiger charge is -2.24. The smallest absolute Gasteiger partial charge is 0.245 e. The van der Waals surface area contributed by atoms with E-state index in [9.17, 15) is 13.2 Å². The van der Waals surface area contributed by atoms with Gasteiger partial charge >= 0.3 is 0 Å². The zero-order chi connectivity index (χ0) is 28.0. The molecule has 1 aliphatic heterocycles. The minimum Gasteiger partial charge on any atom is -0.487 e. The van der Waals surface area contributed by atoms with Crippen molar-refractivity contribution in [3.8, 4) is 5.75 Å². The molecule has 1 aromatic heterocycles. The summed E-state index contributed by atoms with van der Waals surface area (Å²) >= 11 is 13.1. The number of para-hydroxylation sites is 1. The third-order valence-electron chi connectivity index (χ3n) is 6.40. The number of benzene rings is 2. The van der Waals surface area contributed by atoms with Gasteiger partial charge in [-0.1, -0.05) is 41.4 Å². The Hall–Kier alpha value is -3.12.